The number of nitrogens with zero attached hydrogens (tertiary/aromatic N) is 2. The molecule has 0 bridgehead atoms. The summed E-state index contributed by atoms with van der Waals surface area (Å²) in [7, 11) is 2.09. The van der Waals surface area contributed by atoms with Crippen molar-refractivity contribution in [3.8, 4) is 0 Å². The fourth-order valence-electron chi connectivity index (χ4n) is 2.50. The summed E-state index contributed by atoms with van der Waals surface area (Å²) < 4.78 is 0. The Labute approximate surface area is 108 Å². The van der Waals surface area contributed by atoms with Gasteiger partial charge in [-0.05, 0) is 31.5 Å². The van der Waals surface area contributed by atoms with E-state index in [1.807, 2.05) is 30.3 Å². The van der Waals surface area contributed by atoms with Gasteiger partial charge >= 0.3 is 6.09 Å². The first-order valence-electron chi connectivity index (χ1n) is 6.35. The van der Waals surface area contributed by atoms with Crippen LogP contribution in [-0.4, -0.2) is 47.7 Å². The van der Waals surface area contributed by atoms with Gasteiger partial charge in [-0.3, -0.25) is 0 Å². The van der Waals surface area contributed by atoms with Gasteiger partial charge in [0.15, 0.2) is 0 Å². The van der Waals surface area contributed by atoms with Gasteiger partial charge in [-0.15, -0.1) is 0 Å². The van der Waals surface area contributed by atoms with E-state index in [9.17, 15) is 9.90 Å². The van der Waals surface area contributed by atoms with Gasteiger partial charge in [-0.1, -0.05) is 30.3 Å². The molecule has 0 unspecified atom stereocenters. The maximum atomic E-state index is 11.3. The highest BCUT2D eigenvalue weighted by atomic mass is 16.4. The van der Waals surface area contributed by atoms with E-state index < -0.39 is 6.09 Å². The molecule has 0 aliphatic carbocycles. The highest BCUT2D eigenvalue weighted by Crippen LogP contribution is 2.17. The van der Waals surface area contributed by atoms with Gasteiger partial charge in [0, 0.05) is 19.6 Å². The number of hydrogen-bond donors (Lipinski definition) is 1. The summed E-state index contributed by atoms with van der Waals surface area (Å²) in [6, 6.07) is 9.77. The SMILES string of the molecule is CN1CC[C@@H](CN(Cc2ccccc2)C(=O)O)C1. The predicted molar refractivity (Wildman–Crippen MR) is 70.5 cm³/mol. The van der Waals surface area contributed by atoms with Crippen molar-refractivity contribution >= 4 is 6.09 Å². The maximum Gasteiger partial charge on any atom is 0.407 e. The smallest absolute Gasteiger partial charge is 0.407 e. The topological polar surface area (TPSA) is 43.8 Å². The molecule has 98 valence electrons. The van der Waals surface area contributed by atoms with Crippen LogP contribution in [0.2, 0.25) is 0 Å². The molecule has 1 aliphatic heterocycles. The minimum absolute atomic E-state index is 0.467. The van der Waals surface area contributed by atoms with E-state index in [1.165, 1.54) is 4.90 Å². The summed E-state index contributed by atoms with van der Waals surface area (Å²) in [5, 5.41) is 9.27. The van der Waals surface area contributed by atoms with E-state index >= 15 is 0 Å². The molecular weight excluding hydrogens is 228 g/mol. The Kier molecular flexibility index (Phi) is 4.20. The van der Waals surface area contributed by atoms with Crippen LogP contribution in [-0.2, 0) is 6.54 Å². The van der Waals surface area contributed by atoms with Crippen LogP contribution < -0.4 is 0 Å². The fourth-order valence-corrected chi connectivity index (χ4v) is 2.50. The molecule has 0 spiro atoms. The highest BCUT2D eigenvalue weighted by molar-refractivity contribution is 5.65. The number of carbonyl (C=O) groups is 1. The molecule has 1 amide bonds. The molecule has 4 heteroatoms. The van der Waals surface area contributed by atoms with Gasteiger partial charge in [0.2, 0.25) is 0 Å². The summed E-state index contributed by atoms with van der Waals surface area (Å²) in [5.74, 6) is 0.467. The third kappa shape index (κ3) is 3.47. The molecule has 1 aromatic rings. The minimum atomic E-state index is -0.826. The van der Waals surface area contributed by atoms with Gasteiger partial charge in [0.25, 0.3) is 0 Å². The Hall–Kier alpha value is -1.55. The van der Waals surface area contributed by atoms with Crippen molar-refractivity contribution in [1.82, 2.24) is 9.80 Å². The predicted octanol–water partition coefficient (Wildman–Crippen LogP) is 2.12. The number of rotatable bonds is 4. The van der Waals surface area contributed by atoms with E-state index in [4.69, 9.17) is 0 Å². The van der Waals surface area contributed by atoms with Crippen LogP contribution in [0.5, 0.6) is 0 Å². The minimum Gasteiger partial charge on any atom is -0.465 e. The summed E-state index contributed by atoms with van der Waals surface area (Å²) in [4.78, 5) is 15.1. The van der Waals surface area contributed by atoms with Crippen LogP contribution in [0.1, 0.15) is 12.0 Å². The molecule has 1 atom stereocenters. The second-order valence-corrected chi connectivity index (χ2v) is 5.07. The fraction of sp³-hybridized carbons (Fsp3) is 0.500. The van der Waals surface area contributed by atoms with Crippen molar-refractivity contribution in [3.05, 3.63) is 35.9 Å². The largest absolute Gasteiger partial charge is 0.465 e. The molecule has 1 heterocycles. The quantitative estimate of drug-likeness (QED) is 0.887. The molecule has 1 fully saturated rings. The number of amides is 1. The van der Waals surface area contributed by atoms with E-state index in [0.29, 0.717) is 19.0 Å². The summed E-state index contributed by atoms with van der Waals surface area (Å²) in [6.45, 7) is 3.19. The highest BCUT2D eigenvalue weighted by Gasteiger charge is 2.24. The maximum absolute atomic E-state index is 11.3. The van der Waals surface area contributed by atoms with Gasteiger partial charge in [0.05, 0.1) is 0 Å². The molecule has 1 aromatic carbocycles. The Morgan fingerprint density at radius 3 is 2.72 bits per heavy atom. The van der Waals surface area contributed by atoms with E-state index in [-0.39, 0.29) is 0 Å². The van der Waals surface area contributed by atoms with Crippen molar-refractivity contribution in [1.29, 1.82) is 0 Å². The third-order valence-corrected chi connectivity index (χ3v) is 3.45. The lowest BCUT2D eigenvalue weighted by Crippen LogP contribution is -2.34. The van der Waals surface area contributed by atoms with Gasteiger partial charge in [0.1, 0.15) is 0 Å². The molecule has 1 saturated heterocycles. The van der Waals surface area contributed by atoms with Crippen LogP contribution in [0, 0.1) is 5.92 Å². The van der Waals surface area contributed by atoms with E-state index in [1.54, 1.807) is 0 Å². The van der Waals surface area contributed by atoms with Crippen molar-refractivity contribution in [2.75, 3.05) is 26.7 Å². The van der Waals surface area contributed by atoms with Crippen molar-refractivity contribution in [2.24, 2.45) is 5.92 Å². The molecular formula is C14H20N2O2. The average molecular weight is 248 g/mol. The third-order valence-electron chi connectivity index (χ3n) is 3.45. The zero-order valence-corrected chi connectivity index (χ0v) is 10.7. The van der Waals surface area contributed by atoms with Crippen LogP contribution in [0.3, 0.4) is 0 Å². The second kappa shape index (κ2) is 5.87. The Morgan fingerprint density at radius 2 is 2.17 bits per heavy atom. The lowest BCUT2D eigenvalue weighted by atomic mass is 10.1. The zero-order valence-electron chi connectivity index (χ0n) is 10.7. The summed E-state index contributed by atoms with van der Waals surface area (Å²) >= 11 is 0. The lowest BCUT2D eigenvalue weighted by molar-refractivity contribution is 0.134. The van der Waals surface area contributed by atoms with Gasteiger partial charge in [-0.2, -0.15) is 0 Å². The van der Waals surface area contributed by atoms with Crippen molar-refractivity contribution < 1.29 is 9.90 Å². The number of carboxylic acid groups (broad SMARTS) is 1. The van der Waals surface area contributed by atoms with Crippen molar-refractivity contribution in [3.63, 3.8) is 0 Å². The zero-order chi connectivity index (χ0) is 13.0. The molecule has 0 saturated carbocycles. The van der Waals surface area contributed by atoms with Crippen molar-refractivity contribution in [2.45, 2.75) is 13.0 Å². The molecule has 0 radical (unpaired) electrons. The standard InChI is InChI=1S/C14H20N2O2/c1-15-8-7-13(9-15)11-16(14(17)18)10-12-5-3-2-4-6-12/h2-6,13H,7-11H2,1H3,(H,17,18)/t13-/m1/s1. The number of hydrogen-bond acceptors (Lipinski definition) is 2. The van der Waals surface area contributed by atoms with E-state index in [2.05, 4.69) is 11.9 Å². The van der Waals surface area contributed by atoms with Crippen LogP contribution >= 0.6 is 0 Å². The second-order valence-electron chi connectivity index (χ2n) is 5.07. The van der Waals surface area contributed by atoms with Crippen LogP contribution in [0.15, 0.2) is 30.3 Å². The number of likely N-dealkylation sites (tertiary alicyclic amines) is 1. The normalized spacial score (nSPS) is 19.9. The van der Waals surface area contributed by atoms with Crippen LogP contribution in [0.25, 0.3) is 0 Å². The monoisotopic (exact) mass is 248 g/mol. The number of benzene rings is 1. The Bertz CT molecular complexity index is 394. The first-order valence-corrected chi connectivity index (χ1v) is 6.35. The van der Waals surface area contributed by atoms with Gasteiger partial charge < -0.3 is 14.9 Å². The molecule has 2 rings (SSSR count). The summed E-state index contributed by atoms with van der Waals surface area (Å²) in [6.07, 6.45) is 0.267. The molecule has 1 aliphatic rings. The summed E-state index contributed by atoms with van der Waals surface area (Å²) in [5.41, 5.74) is 1.05. The van der Waals surface area contributed by atoms with E-state index in [0.717, 1.165) is 25.1 Å². The lowest BCUT2D eigenvalue weighted by Gasteiger charge is -2.22. The first kappa shape index (κ1) is 12.9. The Morgan fingerprint density at radius 1 is 1.44 bits per heavy atom. The molecule has 1 N–H and O–H groups in total. The molecule has 18 heavy (non-hydrogen) atoms. The Balaban J connectivity index is 1.94. The van der Waals surface area contributed by atoms with Crippen LogP contribution in [0.4, 0.5) is 4.79 Å². The first-order chi connectivity index (χ1) is 8.65. The molecule has 0 aromatic heterocycles. The average Bonchev–Trinajstić information content (AvgIpc) is 2.75. The van der Waals surface area contributed by atoms with Gasteiger partial charge in [-0.25, -0.2) is 4.79 Å². The molecule has 4 nitrogen and oxygen atoms in total.